The summed E-state index contributed by atoms with van der Waals surface area (Å²) in [6, 6.07) is 13.2. The first-order valence-electron chi connectivity index (χ1n) is 7.74. The highest BCUT2D eigenvalue weighted by molar-refractivity contribution is 6.31. The highest BCUT2D eigenvalue weighted by Gasteiger charge is 2.18. The quantitative estimate of drug-likeness (QED) is 0.900. The molecule has 0 atom stereocenters. The van der Waals surface area contributed by atoms with Gasteiger partial charge in [0.15, 0.2) is 0 Å². The Balaban J connectivity index is 2.08. The molecule has 2 aromatic rings. The van der Waals surface area contributed by atoms with Gasteiger partial charge in [-0.25, -0.2) is 0 Å². The topological polar surface area (TPSA) is 49.4 Å². The van der Waals surface area contributed by atoms with E-state index in [1.165, 1.54) is 11.8 Å². The van der Waals surface area contributed by atoms with Crippen molar-refractivity contribution in [2.45, 2.75) is 27.3 Å². The zero-order chi connectivity index (χ0) is 17.7. The molecule has 24 heavy (non-hydrogen) atoms. The molecule has 0 saturated heterocycles. The van der Waals surface area contributed by atoms with Crippen molar-refractivity contribution in [3.63, 3.8) is 0 Å². The Morgan fingerprint density at radius 3 is 2.46 bits per heavy atom. The van der Waals surface area contributed by atoms with Gasteiger partial charge in [0.2, 0.25) is 11.8 Å². The number of aryl methyl sites for hydroxylation is 2. The van der Waals surface area contributed by atoms with Gasteiger partial charge in [0.05, 0.1) is 0 Å². The molecule has 0 saturated carbocycles. The maximum absolute atomic E-state index is 12.3. The first kappa shape index (κ1) is 18.0. The van der Waals surface area contributed by atoms with E-state index in [1.807, 2.05) is 44.2 Å². The Bertz CT molecular complexity index is 759. The van der Waals surface area contributed by atoms with Crippen LogP contribution in [0.4, 0.5) is 5.69 Å². The summed E-state index contributed by atoms with van der Waals surface area (Å²) in [7, 11) is 0. The van der Waals surface area contributed by atoms with Crippen LogP contribution >= 0.6 is 11.6 Å². The molecular weight excluding hydrogens is 324 g/mol. The fourth-order valence-corrected chi connectivity index (χ4v) is 2.61. The summed E-state index contributed by atoms with van der Waals surface area (Å²) in [6.45, 7) is 5.72. The Labute approximate surface area is 147 Å². The SMILES string of the molecule is CC(=O)N(CC(=O)NCc1ccccc1C)c1cc(Cl)ccc1C. The number of amides is 2. The van der Waals surface area contributed by atoms with Gasteiger partial charge in [-0.1, -0.05) is 41.9 Å². The lowest BCUT2D eigenvalue weighted by molar-refractivity contribution is -0.123. The van der Waals surface area contributed by atoms with E-state index >= 15 is 0 Å². The molecule has 0 aliphatic rings. The second-order valence-electron chi connectivity index (χ2n) is 5.74. The zero-order valence-electron chi connectivity index (χ0n) is 14.1. The summed E-state index contributed by atoms with van der Waals surface area (Å²) in [5.41, 5.74) is 3.72. The van der Waals surface area contributed by atoms with Gasteiger partial charge in [-0.05, 0) is 42.7 Å². The van der Waals surface area contributed by atoms with Crippen LogP contribution in [0.25, 0.3) is 0 Å². The number of nitrogens with one attached hydrogen (secondary N) is 1. The number of rotatable bonds is 5. The average Bonchev–Trinajstić information content (AvgIpc) is 2.54. The molecule has 2 aromatic carbocycles. The van der Waals surface area contributed by atoms with Gasteiger partial charge in [-0.3, -0.25) is 9.59 Å². The summed E-state index contributed by atoms with van der Waals surface area (Å²) in [5.74, 6) is -0.417. The van der Waals surface area contributed by atoms with Crippen LogP contribution in [-0.2, 0) is 16.1 Å². The van der Waals surface area contributed by atoms with Crippen LogP contribution in [0.5, 0.6) is 0 Å². The number of carbonyl (C=O) groups excluding carboxylic acids is 2. The predicted octanol–water partition coefficient (Wildman–Crippen LogP) is 3.63. The van der Waals surface area contributed by atoms with Crippen LogP contribution in [0.2, 0.25) is 5.02 Å². The number of hydrogen-bond acceptors (Lipinski definition) is 2. The van der Waals surface area contributed by atoms with Gasteiger partial charge in [-0.15, -0.1) is 0 Å². The van der Waals surface area contributed by atoms with Crippen molar-refractivity contribution in [1.82, 2.24) is 5.32 Å². The van der Waals surface area contributed by atoms with Gasteiger partial charge >= 0.3 is 0 Å². The molecule has 0 bridgehead atoms. The first-order chi connectivity index (χ1) is 11.4. The fraction of sp³-hybridized carbons (Fsp3) is 0.263. The third kappa shape index (κ3) is 4.59. The van der Waals surface area contributed by atoms with Crippen molar-refractivity contribution in [1.29, 1.82) is 0 Å². The zero-order valence-corrected chi connectivity index (χ0v) is 14.9. The van der Waals surface area contributed by atoms with Crippen LogP contribution in [0, 0.1) is 13.8 Å². The largest absolute Gasteiger partial charge is 0.350 e. The summed E-state index contributed by atoms with van der Waals surface area (Å²) in [4.78, 5) is 25.7. The molecule has 0 fully saturated rings. The number of hydrogen-bond donors (Lipinski definition) is 1. The summed E-state index contributed by atoms with van der Waals surface area (Å²) in [5, 5.41) is 3.39. The molecule has 0 aliphatic carbocycles. The molecule has 0 radical (unpaired) electrons. The maximum atomic E-state index is 12.3. The average molecular weight is 345 g/mol. The molecule has 5 heteroatoms. The maximum Gasteiger partial charge on any atom is 0.240 e. The van der Waals surface area contributed by atoms with Crippen LogP contribution in [0.1, 0.15) is 23.6 Å². The van der Waals surface area contributed by atoms with E-state index in [2.05, 4.69) is 5.32 Å². The Kier molecular flexibility index (Phi) is 5.99. The van der Waals surface area contributed by atoms with Crippen LogP contribution < -0.4 is 10.2 Å². The smallest absolute Gasteiger partial charge is 0.240 e. The second kappa shape index (κ2) is 7.97. The molecule has 1 N–H and O–H groups in total. The molecule has 0 heterocycles. The lowest BCUT2D eigenvalue weighted by atomic mass is 10.1. The highest BCUT2D eigenvalue weighted by atomic mass is 35.5. The monoisotopic (exact) mass is 344 g/mol. The second-order valence-corrected chi connectivity index (χ2v) is 6.18. The van der Waals surface area contributed by atoms with Crippen molar-refractivity contribution >= 4 is 29.1 Å². The summed E-state index contributed by atoms with van der Waals surface area (Å²) in [6.07, 6.45) is 0. The lowest BCUT2D eigenvalue weighted by Crippen LogP contribution is -2.40. The standard InChI is InChI=1S/C19H21ClN2O2/c1-13-6-4-5-7-16(13)11-21-19(24)12-22(15(3)23)18-10-17(20)9-8-14(18)2/h4-10H,11-12H2,1-3H3,(H,21,24). The predicted molar refractivity (Wildman–Crippen MR) is 97.2 cm³/mol. The van der Waals surface area contributed by atoms with Gasteiger partial charge in [0.1, 0.15) is 6.54 Å². The van der Waals surface area contributed by atoms with E-state index in [-0.39, 0.29) is 18.4 Å². The van der Waals surface area contributed by atoms with Crippen LogP contribution in [0.15, 0.2) is 42.5 Å². The lowest BCUT2D eigenvalue weighted by Gasteiger charge is -2.23. The van der Waals surface area contributed by atoms with Crippen molar-refractivity contribution < 1.29 is 9.59 Å². The molecule has 0 unspecified atom stereocenters. The normalized spacial score (nSPS) is 10.3. The van der Waals surface area contributed by atoms with E-state index in [1.54, 1.807) is 12.1 Å². The van der Waals surface area contributed by atoms with Gasteiger partial charge in [0, 0.05) is 24.2 Å². The van der Waals surface area contributed by atoms with Gasteiger partial charge in [-0.2, -0.15) is 0 Å². The van der Waals surface area contributed by atoms with E-state index in [0.29, 0.717) is 17.3 Å². The number of nitrogens with zero attached hydrogens (tertiary/aromatic N) is 1. The molecule has 2 amide bonds. The molecule has 0 spiro atoms. The molecule has 2 rings (SSSR count). The van der Waals surface area contributed by atoms with Crippen molar-refractivity contribution in [3.8, 4) is 0 Å². The minimum Gasteiger partial charge on any atom is -0.350 e. The molecule has 126 valence electrons. The molecular formula is C19H21ClN2O2. The third-order valence-corrected chi connectivity index (χ3v) is 4.12. The highest BCUT2D eigenvalue weighted by Crippen LogP contribution is 2.24. The number of halogens is 1. The van der Waals surface area contributed by atoms with E-state index < -0.39 is 0 Å². The minimum absolute atomic E-state index is 0.0393. The van der Waals surface area contributed by atoms with E-state index in [4.69, 9.17) is 11.6 Å². The first-order valence-corrected chi connectivity index (χ1v) is 8.11. The summed E-state index contributed by atoms with van der Waals surface area (Å²) >= 11 is 6.02. The Morgan fingerprint density at radius 2 is 1.79 bits per heavy atom. The van der Waals surface area contributed by atoms with Gasteiger partial charge in [0.25, 0.3) is 0 Å². The van der Waals surface area contributed by atoms with Crippen molar-refractivity contribution in [3.05, 3.63) is 64.2 Å². The Hall–Kier alpha value is -2.33. The van der Waals surface area contributed by atoms with Gasteiger partial charge < -0.3 is 10.2 Å². The van der Waals surface area contributed by atoms with Crippen molar-refractivity contribution in [2.75, 3.05) is 11.4 Å². The summed E-state index contributed by atoms with van der Waals surface area (Å²) < 4.78 is 0. The number of benzene rings is 2. The molecule has 4 nitrogen and oxygen atoms in total. The Morgan fingerprint density at radius 1 is 1.08 bits per heavy atom. The van der Waals surface area contributed by atoms with Crippen LogP contribution in [0.3, 0.4) is 0 Å². The fourth-order valence-electron chi connectivity index (χ4n) is 2.44. The van der Waals surface area contributed by atoms with E-state index in [9.17, 15) is 9.59 Å². The van der Waals surface area contributed by atoms with E-state index in [0.717, 1.165) is 16.7 Å². The molecule has 0 aliphatic heterocycles. The van der Waals surface area contributed by atoms with Crippen molar-refractivity contribution in [2.24, 2.45) is 0 Å². The molecule has 0 aromatic heterocycles. The number of anilines is 1. The third-order valence-electron chi connectivity index (χ3n) is 3.88. The minimum atomic E-state index is -0.215. The van der Waals surface area contributed by atoms with Crippen LogP contribution in [-0.4, -0.2) is 18.4 Å². The number of carbonyl (C=O) groups is 2.